The van der Waals surface area contributed by atoms with E-state index in [4.69, 9.17) is 5.73 Å². The van der Waals surface area contributed by atoms with E-state index < -0.39 is 12.4 Å². The van der Waals surface area contributed by atoms with Gasteiger partial charge in [-0.3, -0.25) is 4.79 Å². The van der Waals surface area contributed by atoms with E-state index >= 15 is 0 Å². The number of nitrogens with one attached hydrogen (secondary N) is 2. The molecule has 1 radical (unpaired) electrons. The molecule has 1 unspecified atom stereocenters. The normalized spacial score (nSPS) is 12.3. The fourth-order valence-corrected chi connectivity index (χ4v) is 4.40. The van der Waals surface area contributed by atoms with Crippen LogP contribution in [0.5, 0.6) is 5.75 Å². The molecule has 8 heteroatoms. The summed E-state index contributed by atoms with van der Waals surface area (Å²) < 4.78 is 42.8. The molecule has 0 heterocycles. The molecule has 36 heavy (non-hydrogen) atoms. The molecular weight excluding hydrogens is 533 g/mol. The van der Waals surface area contributed by atoms with Crippen LogP contribution in [-0.4, -0.2) is 12.3 Å². The molecule has 191 valence electrons. The topological polar surface area (TPSA) is 62.1 Å². The molecule has 0 saturated heterocycles. The van der Waals surface area contributed by atoms with Crippen molar-refractivity contribution in [3.05, 3.63) is 99.0 Å². The van der Waals surface area contributed by atoms with Gasteiger partial charge in [0.1, 0.15) is 5.75 Å². The van der Waals surface area contributed by atoms with Gasteiger partial charge in [-0.1, -0.05) is 84.2 Å². The molecule has 3 aromatic rings. The van der Waals surface area contributed by atoms with Crippen molar-refractivity contribution in [3.8, 4) is 5.75 Å². The summed E-state index contributed by atoms with van der Waals surface area (Å²) in [5.74, 6) is -0.619. The van der Waals surface area contributed by atoms with Gasteiger partial charge in [0.05, 0.1) is 6.04 Å². The van der Waals surface area contributed by atoms with E-state index in [0.29, 0.717) is 22.1 Å². The van der Waals surface area contributed by atoms with Gasteiger partial charge in [-0.2, -0.15) is 0 Å². The second kappa shape index (κ2) is 12.9. The maximum absolute atomic E-state index is 12.7. The number of unbranched alkanes of at least 4 members (excludes halogenated alkanes) is 2. The third kappa shape index (κ3) is 8.38. The minimum atomic E-state index is -4.83. The number of hydrogen-bond acceptors (Lipinski definition) is 2. The number of carbonyl (C=O) groups is 1. The van der Waals surface area contributed by atoms with Crippen molar-refractivity contribution in [2.75, 3.05) is 0 Å². The van der Waals surface area contributed by atoms with Crippen molar-refractivity contribution in [2.24, 2.45) is 0 Å². The van der Waals surface area contributed by atoms with Crippen molar-refractivity contribution in [2.45, 2.75) is 58.0 Å². The van der Waals surface area contributed by atoms with Gasteiger partial charge >= 0.3 is 6.36 Å². The zero-order valence-electron chi connectivity index (χ0n) is 20.0. The quantitative estimate of drug-likeness (QED) is 0.245. The van der Waals surface area contributed by atoms with Gasteiger partial charge in [0, 0.05) is 22.1 Å². The highest BCUT2D eigenvalue weighted by Gasteiger charge is 2.32. The maximum atomic E-state index is 12.7. The third-order valence-electron chi connectivity index (χ3n) is 5.80. The molecule has 3 rings (SSSR count). The summed E-state index contributed by atoms with van der Waals surface area (Å²) >= 11 is 3.44. The van der Waals surface area contributed by atoms with Gasteiger partial charge in [0.2, 0.25) is 0 Å². The number of halogens is 4. The summed E-state index contributed by atoms with van der Waals surface area (Å²) in [5.41, 5.74) is 12.0. The number of aryl methyl sites for hydroxylation is 1. The number of amides is 1. The lowest BCUT2D eigenvalue weighted by Gasteiger charge is -2.18. The molecule has 0 aliphatic carbocycles. The van der Waals surface area contributed by atoms with E-state index in [0.717, 1.165) is 12.0 Å². The Morgan fingerprint density at radius 3 is 2.39 bits per heavy atom. The molecule has 1 amide bonds. The van der Waals surface area contributed by atoms with Crippen LogP contribution >= 0.6 is 15.9 Å². The molecule has 2 N–H and O–H groups in total. The number of benzene rings is 3. The lowest BCUT2D eigenvalue weighted by atomic mass is 9.98. The predicted octanol–water partition coefficient (Wildman–Crippen LogP) is 7.58. The summed E-state index contributed by atoms with van der Waals surface area (Å²) in [5, 5.41) is 2.91. The van der Waals surface area contributed by atoms with Crippen molar-refractivity contribution >= 4 is 21.8 Å². The molecule has 0 fully saturated rings. The molecule has 1 atom stereocenters. The van der Waals surface area contributed by atoms with Crippen LogP contribution in [0.4, 0.5) is 13.2 Å². The Hall–Kier alpha value is -2.84. The molecule has 0 saturated carbocycles. The van der Waals surface area contributed by atoms with E-state index in [1.54, 1.807) is 24.3 Å². The highest BCUT2D eigenvalue weighted by Crippen LogP contribution is 2.32. The maximum Gasteiger partial charge on any atom is 0.573 e. The smallest absolute Gasteiger partial charge is 0.405 e. The molecule has 4 nitrogen and oxygen atoms in total. The Kier molecular flexibility index (Phi) is 9.96. The number of ether oxygens (including phenoxy) is 1. The number of hydrogen-bond donors (Lipinski definition) is 1. The second-order valence-electron chi connectivity index (χ2n) is 8.60. The van der Waals surface area contributed by atoms with E-state index in [1.165, 1.54) is 43.0 Å². The first-order valence-corrected chi connectivity index (χ1v) is 12.7. The highest BCUT2D eigenvalue weighted by molar-refractivity contribution is 9.10. The largest absolute Gasteiger partial charge is 0.573 e. The Bertz CT molecular complexity index is 1150. The van der Waals surface area contributed by atoms with Gasteiger partial charge < -0.3 is 10.1 Å². The first kappa shape index (κ1) is 27.7. The molecule has 0 bridgehead atoms. The fraction of sp³-hybridized carbons (Fsp3) is 0.321. The van der Waals surface area contributed by atoms with E-state index in [2.05, 4.69) is 45.0 Å². The minimum Gasteiger partial charge on any atom is -0.405 e. The molecule has 0 aliphatic heterocycles. The molecule has 0 spiro atoms. The van der Waals surface area contributed by atoms with Crippen molar-refractivity contribution < 1.29 is 22.7 Å². The summed E-state index contributed by atoms with van der Waals surface area (Å²) in [4.78, 5) is 12.7. The van der Waals surface area contributed by atoms with Crippen LogP contribution in [-0.2, 0) is 19.4 Å². The van der Waals surface area contributed by atoms with Gasteiger partial charge in [0.15, 0.2) is 0 Å². The zero-order valence-corrected chi connectivity index (χ0v) is 21.6. The Labute approximate surface area is 218 Å². The van der Waals surface area contributed by atoms with E-state index in [9.17, 15) is 18.0 Å². The first-order valence-electron chi connectivity index (χ1n) is 11.9. The van der Waals surface area contributed by atoms with Gasteiger partial charge in [-0.25, -0.2) is 5.73 Å². The molecule has 0 aliphatic rings. The minimum absolute atomic E-state index is 0.139. The average molecular weight is 562 g/mol. The van der Waals surface area contributed by atoms with Crippen LogP contribution in [0.25, 0.3) is 0 Å². The molecule has 3 aromatic carbocycles. The second-order valence-corrected chi connectivity index (χ2v) is 9.46. The monoisotopic (exact) mass is 561 g/mol. The Morgan fingerprint density at radius 2 is 1.72 bits per heavy atom. The van der Waals surface area contributed by atoms with Crippen LogP contribution in [0, 0.1) is 0 Å². The van der Waals surface area contributed by atoms with Gasteiger partial charge in [-0.15, -0.1) is 13.2 Å². The fourth-order valence-electron chi connectivity index (χ4n) is 3.86. The van der Waals surface area contributed by atoms with Crippen LogP contribution in [0.2, 0.25) is 0 Å². The number of rotatable bonds is 11. The standard InChI is InChI=1S/C28H29BrF3N2O2/c1-2-3-4-7-19-10-12-20(13-11-19)18-34-27(35)22-15-14-21(24(29)16-22)17-25(33)23-8-5-6-9-26(23)36-28(30,31)32/h5-6,8-16,25,33H,2-4,7,17-18H2,1H3,(H,34,35). The number of alkyl halides is 3. The van der Waals surface area contributed by atoms with Gasteiger partial charge in [0.25, 0.3) is 5.91 Å². The lowest BCUT2D eigenvalue weighted by molar-refractivity contribution is -0.275. The molecular formula is C28H29BrF3N2O2. The third-order valence-corrected chi connectivity index (χ3v) is 6.54. The highest BCUT2D eigenvalue weighted by atomic mass is 79.9. The number of carbonyl (C=O) groups excluding carboxylic acids is 1. The lowest BCUT2D eigenvalue weighted by Crippen LogP contribution is -2.23. The van der Waals surface area contributed by atoms with E-state index in [1.807, 2.05) is 12.1 Å². The summed E-state index contributed by atoms with van der Waals surface area (Å²) in [6.45, 7) is 2.58. The molecule has 0 aromatic heterocycles. The average Bonchev–Trinajstić information content (AvgIpc) is 2.84. The van der Waals surface area contributed by atoms with Crippen LogP contribution in [0.15, 0.2) is 71.2 Å². The first-order chi connectivity index (χ1) is 17.2. The van der Waals surface area contributed by atoms with Crippen LogP contribution in [0.3, 0.4) is 0 Å². The van der Waals surface area contributed by atoms with Crippen LogP contribution in [0.1, 0.15) is 64.8 Å². The summed E-state index contributed by atoms with van der Waals surface area (Å²) in [6, 6.07) is 17.9. The van der Waals surface area contributed by atoms with Crippen molar-refractivity contribution in [1.82, 2.24) is 11.1 Å². The van der Waals surface area contributed by atoms with Crippen molar-refractivity contribution in [3.63, 3.8) is 0 Å². The summed E-state index contributed by atoms with van der Waals surface area (Å²) in [6.07, 6.45) is -0.0508. The SMILES string of the molecule is CCCCCc1ccc(CNC(=O)c2ccc(CC([NH])c3ccccc3OC(F)(F)F)c(Br)c2)cc1. The van der Waals surface area contributed by atoms with Crippen molar-refractivity contribution in [1.29, 1.82) is 0 Å². The van der Waals surface area contributed by atoms with Crippen LogP contribution < -0.4 is 15.8 Å². The van der Waals surface area contributed by atoms with E-state index in [-0.39, 0.29) is 23.6 Å². The van der Waals surface area contributed by atoms with Gasteiger partial charge in [-0.05, 0) is 54.2 Å². The predicted molar refractivity (Wildman–Crippen MR) is 138 cm³/mol. The summed E-state index contributed by atoms with van der Waals surface area (Å²) in [7, 11) is 0. The zero-order chi connectivity index (χ0) is 26.1. The Morgan fingerprint density at radius 1 is 1.03 bits per heavy atom. The number of para-hydroxylation sites is 1. The Balaban J connectivity index is 1.59.